The Morgan fingerprint density at radius 3 is 2.52 bits per heavy atom. The van der Waals surface area contributed by atoms with Gasteiger partial charge in [-0.2, -0.15) is 0 Å². The second-order valence-corrected chi connectivity index (χ2v) is 7.35. The number of carbonyl (C=O) groups excluding carboxylic acids is 1. The Kier molecular flexibility index (Phi) is 5.04. The Labute approximate surface area is 128 Å². The number of hydrogen-bond donors (Lipinski definition) is 2. The van der Waals surface area contributed by atoms with E-state index in [9.17, 15) is 4.79 Å². The molecule has 1 amide bonds. The normalized spacial score (nSPS) is 24.4. The van der Waals surface area contributed by atoms with Gasteiger partial charge in [0, 0.05) is 0 Å². The third kappa shape index (κ3) is 4.31. The van der Waals surface area contributed by atoms with Crippen molar-refractivity contribution in [2.45, 2.75) is 52.6 Å². The second-order valence-electron chi connectivity index (χ2n) is 7.35. The van der Waals surface area contributed by atoms with Gasteiger partial charge >= 0.3 is 0 Å². The molecule has 21 heavy (non-hydrogen) atoms. The van der Waals surface area contributed by atoms with Crippen molar-refractivity contribution in [1.29, 1.82) is 0 Å². The van der Waals surface area contributed by atoms with E-state index in [0.29, 0.717) is 5.92 Å². The smallest absolute Gasteiger partial charge is 0.237 e. The molecule has 0 saturated carbocycles. The molecule has 2 rings (SSSR count). The number of hydrogen-bond acceptors (Lipinski definition) is 2. The molecule has 1 aliphatic heterocycles. The highest BCUT2D eigenvalue weighted by atomic mass is 16.2. The van der Waals surface area contributed by atoms with Crippen LogP contribution < -0.4 is 10.6 Å². The Balaban J connectivity index is 2.10. The van der Waals surface area contributed by atoms with Gasteiger partial charge in [0.05, 0.1) is 12.1 Å². The van der Waals surface area contributed by atoms with Gasteiger partial charge in [0.15, 0.2) is 0 Å². The number of carbonyl (C=O) groups is 1. The predicted molar refractivity (Wildman–Crippen MR) is 87.0 cm³/mol. The molecule has 3 nitrogen and oxygen atoms in total. The summed E-state index contributed by atoms with van der Waals surface area (Å²) < 4.78 is 0. The summed E-state index contributed by atoms with van der Waals surface area (Å²) in [5.41, 5.74) is 1.15. The molecule has 0 radical (unpaired) electrons. The van der Waals surface area contributed by atoms with Gasteiger partial charge in [-0.05, 0) is 36.3 Å². The monoisotopic (exact) mass is 288 g/mol. The summed E-state index contributed by atoms with van der Waals surface area (Å²) in [5.74, 6) is 0.747. The van der Waals surface area contributed by atoms with Crippen LogP contribution >= 0.6 is 0 Å². The van der Waals surface area contributed by atoms with Crippen molar-refractivity contribution in [3.05, 3.63) is 35.9 Å². The van der Waals surface area contributed by atoms with Crippen molar-refractivity contribution in [2.24, 2.45) is 11.3 Å². The van der Waals surface area contributed by atoms with E-state index in [-0.39, 0.29) is 23.4 Å². The fourth-order valence-electron chi connectivity index (χ4n) is 3.00. The Bertz CT molecular complexity index is 464. The lowest BCUT2D eigenvalue weighted by Crippen LogP contribution is -2.50. The molecule has 116 valence electrons. The van der Waals surface area contributed by atoms with E-state index in [4.69, 9.17) is 0 Å². The molecule has 0 spiro atoms. The first kappa shape index (κ1) is 16.0. The number of amides is 1. The summed E-state index contributed by atoms with van der Waals surface area (Å²) in [5, 5.41) is 6.61. The standard InChI is InChI=1S/C18H28N2O/c1-13-10-11-19-15(12-13)17(21)20-16(18(2,3)4)14-8-6-5-7-9-14/h5-9,13,15-16,19H,10-12H2,1-4H3,(H,20,21). The molecule has 2 N–H and O–H groups in total. The maximum absolute atomic E-state index is 12.6. The Morgan fingerprint density at radius 1 is 1.29 bits per heavy atom. The van der Waals surface area contributed by atoms with Crippen LogP contribution in [0.2, 0.25) is 0 Å². The molecule has 3 atom stereocenters. The molecule has 0 bridgehead atoms. The van der Waals surface area contributed by atoms with E-state index in [1.54, 1.807) is 0 Å². The van der Waals surface area contributed by atoms with E-state index >= 15 is 0 Å². The molecule has 0 aromatic heterocycles. The van der Waals surface area contributed by atoms with Crippen molar-refractivity contribution >= 4 is 5.91 Å². The van der Waals surface area contributed by atoms with Crippen LogP contribution in [0, 0.1) is 11.3 Å². The molecule has 1 aliphatic rings. The van der Waals surface area contributed by atoms with Gasteiger partial charge in [-0.1, -0.05) is 58.0 Å². The highest BCUT2D eigenvalue weighted by Gasteiger charge is 2.31. The van der Waals surface area contributed by atoms with Crippen molar-refractivity contribution in [1.82, 2.24) is 10.6 Å². The predicted octanol–water partition coefficient (Wildman–Crippen LogP) is 3.28. The van der Waals surface area contributed by atoms with Crippen LogP contribution in [0.5, 0.6) is 0 Å². The fourth-order valence-corrected chi connectivity index (χ4v) is 3.00. The molecule has 1 fully saturated rings. The van der Waals surface area contributed by atoms with E-state index in [2.05, 4.69) is 50.5 Å². The van der Waals surface area contributed by atoms with Crippen LogP contribution in [0.3, 0.4) is 0 Å². The highest BCUT2D eigenvalue weighted by Crippen LogP contribution is 2.32. The average Bonchev–Trinajstić information content (AvgIpc) is 2.44. The van der Waals surface area contributed by atoms with Crippen LogP contribution in [0.15, 0.2) is 30.3 Å². The first-order chi connectivity index (χ1) is 9.88. The first-order valence-electron chi connectivity index (χ1n) is 7.96. The van der Waals surface area contributed by atoms with Crippen LogP contribution in [-0.4, -0.2) is 18.5 Å². The van der Waals surface area contributed by atoms with Crippen LogP contribution in [0.1, 0.15) is 52.1 Å². The van der Waals surface area contributed by atoms with Gasteiger partial charge < -0.3 is 10.6 Å². The van der Waals surface area contributed by atoms with Crippen LogP contribution in [0.4, 0.5) is 0 Å². The minimum absolute atomic E-state index is 0.0166. The molecule has 1 heterocycles. The van der Waals surface area contributed by atoms with Crippen LogP contribution in [-0.2, 0) is 4.79 Å². The topological polar surface area (TPSA) is 41.1 Å². The third-order valence-corrected chi connectivity index (χ3v) is 4.27. The van der Waals surface area contributed by atoms with E-state index < -0.39 is 0 Å². The summed E-state index contributed by atoms with van der Waals surface area (Å²) in [4.78, 5) is 12.6. The van der Waals surface area contributed by atoms with E-state index in [1.165, 1.54) is 5.56 Å². The van der Waals surface area contributed by atoms with Gasteiger partial charge in [-0.15, -0.1) is 0 Å². The second kappa shape index (κ2) is 6.61. The van der Waals surface area contributed by atoms with Crippen molar-refractivity contribution in [3.8, 4) is 0 Å². The quantitative estimate of drug-likeness (QED) is 0.896. The minimum Gasteiger partial charge on any atom is -0.347 e. The van der Waals surface area contributed by atoms with Gasteiger partial charge in [0.2, 0.25) is 5.91 Å². The summed E-state index contributed by atoms with van der Waals surface area (Å²) in [6.07, 6.45) is 2.09. The lowest BCUT2D eigenvalue weighted by atomic mass is 9.82. The van der Waals surface area contributed by atoms with E-state index in [0.717, 1.165) is 19.4 Å². The first-order valence-corrected chi connectivity index (χ1v) is 7.96. The van der Waals surface area contributed by atoms with E-state index in [1.807, 2.05) is 18.2 Å². The fraction of sp³-hybridized carbons (Fsp3) is 0.611. The maximum Gasteiger partial charge on any atom is 0.237 e. The average molecular weight is 288 g/mol. The zero-order chi connectivity index (χ0) is 15.5. The Hall–Kier alpha value is -1.35. The van der Waals surface area contributed by atoms with Gasteiger partial charge in [-0.3, -0.25) is 4.79 Å². The Morgan fingerprint density at radius 2 is 1.95 bits per heavy atom. The molecule has 3 heteroatoms. The number of rotatable bonds is 3. The molecular weight excluding hydrogens is 260 g/mol. The van der Waals surface area contributed by atoms with Crippen molar-refractivity contribution < 1.29 is 4.79 Å². The zero-order valence-corrected chi connectivity index (χ0v) is 13.6. The lowest BCUT2D eigenvalue weighted by Gasteiger charge is -2.35. The van der Waals surface area contributed by atoms with Gasteiger partial charge in [0.1, 0.15) is 0 Å². The van der Waals surface area contributed by atoms with Gasteiger partial charge in [0.25, 0.3) is 0 Å². The largest absolute Gasteiger partial charge is 0.347 e. The maximum atomic E-state index is 12.6. The third-order valence-electron chi connectivity index (χ3n) is 4.27. The number of benzene rings is 1. The molecule has 3 unspecified atom stereocenters. The lowest BCUT2D eigenvalue weighted by molar-refractivity contribution is -0.125. The highest BCUT2D eigenvalue weighted by molar-refractivity contribution is 5.82. The van der Waals surface area contributed by atoms with Crippen molar-refractivity contribution in [3.63, 3.8) is 0 Å². The molecule has 1 saturated heterocycles. The summed E-state index contributed by atoms with van der Waals surface area (Å²) in [6.45, 7) is 9.66. The van der Waals surface area contributed by atoms with Crippen LogP contribution in [0.25, 0.3) is 0 Å². The molecular formula is C18H28N2O. The zero-order valence-electron chi connectivity index (χ0n) is 13.6. The number of piperidine rings is 1. The summed E-state index contributed by atoms with van der Waals surface area (Å²) >= 11 is 0. The molecule has 0 aliphatic carbocycles. The molecule has 1 aromatic rings. The SMILES string of the molecule is CC1CCNC(C(=O)NC(c2ccccc2)C(C)(C)C)C1. The van der Waals surface area contributed by atoms with Crippen molar-refractivity contribution in [2.75, 3.05) is 6.54 Å². The molecule has 1 aromatic carbocycles. The summed E-state index contributed by atoms with van der Waals surface area (Å²) in [6, 6.07) is 10.2. The number of nitrogens with one attached hydrogen (secondary N) is 2. The minimum atomic E-state index is -0.0534. The summed E-state index contributed by atoms with van der Waals surface area (Å²) in [7, 11) is 0. The van der Waals surface area contributed by atoms with Gasteiger partial charge in [-0.25, -0.2) is 0 Å².